The van der Waals surface area contributed by atoms with Gasteiger partial charge in [-0.05, 0) is 19.1 Å². The Bertz CT molecular complexity index is 636. The number of carbonyl (C=O) groups excluding carboxylic acids is 2. The average molecular weight is 268 g/mol. The summed E-state index contributed by atoms with van der Waals surface area (Å²) in [6.07, 6.45) is 1.22. The van der Waals surface area contributed by atoms with Crippen LogP contribution in [0.4, 0.5) is 0 Å². The van der Waals surface area contributed by atoms with Gasteiger partial charge in [0, 0.05) is 0 Å². The van der Waals surface area contributed by atoms with Gasteiger partial charge in [-0.3, -0.25) is 4.79 Å². The smallest absolute Gasteiger partial charge is 0.356 e. The first kappa shape index (κ1) is 12.4. The zero-order valence-electron chi connectivity index (χ0n) is 9.51. The third kappa shape index (κ3) is 1.91. The van der Waals surface area contributed by atoms with Crippen LogP contribution in [0.5, 0.6) is 0 Å². The van der Waals surface area contributed by atoms with Crippen LogP contribution in [-0.4, -0.2) is 28.1 Å². The van der Waals surface area contributed by atoms with Crippen molar-refractivity contribution in [3.8, 4) is 0 Å². The fourth-order valence-electron chi connectivity index (χ4n) is 1.56. The van der Waals surface area contributed by atoms with Crippen molar-refractivity contribution in [2.75, 3.05) is 6.61 Å². The lowest BCUT2D eigenvalue weighted by atomic mass is 10.3. The van der Waals surface area contributed by atoms with Crippen LogP contribution in [0.2, 0.25) is 5.02 Å². The monoisotopic (exact) mass is 267 g/mol. The molecule has 2 N–H and O–H groups in total. The molecule has 2 aromatic rings. The Kier molecular flexibility index (Phi) is 3.20. The molecule has 0 fully saturated rings. The predicted molar refractivity (Wildman–Crippen MR) is 64.7 cm³/mol. The van der Waals surface area contributed by atoms with E-state index in [1.807, 2.05) is 0 Å². The third-order valence-corrected chi connectivity index (χ3v) is 2.77. The van der Waals surface area contributed by atoms with Gasteiger partial charge in [-0.15, -0.1) is 0 Å². The highest BCUT2D eigenvalue weighted by molar-refractivity contribution is 6.36. The molecule has 2 rings (SSSR count). The van der Waals surface area contributed by atoms with E-state index in [1.165, 1.54) is 16.8 Å². The molecule has 0 spiro atoms. The molecular weight excluding hydrogens is 258 g/mol. The van der Waals surface area contributed by atoms with Crippen LogP contribution in [-0.2, 0) is 4.74 Å². The largest absolute Gasteiger partial charge is 0.461 e. The molecule has 0 bridgehead atoms. The predicted octanol–water partition coefficient (Wildman–Crippen LogP) is 1.26. The number of esters is 1. The van der Waals surface area contributed by atoms with Crippen LogP contribution in [0.1, 0.15) is 27.8 Å². The normalized spacial score (nSPS) is 10.6. The molecule has 0 saturated carbocycles. The minimum atomic E-state index is -0.672. The minimum absolute atomic E-state index is 0.109. The van der Waals surface area contributed by atoms with Gasteiger partial charge < -0.3 is 10.5 Å². The molecule has 0 aliphatic carbocycles. The number of rotatable bonds is 3. The molecule has 18 heavy (non-hydrogen) atoms. The minimum Gasteiger partial charge on any atom is -0.461 e. The lowest BCUT2D eigenvalue weighted by Crippen LogP contribution is -2.14. The number of ether oxygens (including phenoxy) is 1. The summed E-state index contributed by atoms with van der Waals surface area (Å²) in [4.78, 5) is 22.7. The van der Waals surface area contributed by atoms with E-state index in [1.54, 1.807) is 13.0 Å². The number of primary amides is 1. The third-order valence-electron chi connectivity index (χ3n) is 2.37. The van der Waals surface area contributed by atoms with Crippen molar-refractivity contribution < 1.29 is 14.3 Å². The number of nitrogens with two attached hydrogens (primary N) is 1. The van der Waals surface area contributed by atoms with Gasteiger partial charge >= 0.3 is 5.97 Å². The maximum absolute atomic E-state index is 11.6. The molecule has 2 aromatic heterocycles. The second-order valence-corrected chi connectivity index (χ2v) is 3.85. The van der Waals surface area contributed by atoms with E-state index < -0.39 is 11.9 Å². The number of nitrogens with zero attached hydrogens (tertiary/aromatic N) is 2. The fourth-order valence-corrected chi connectivity index (χ4v) is 1.85. The van der Waals surface area contributed by atoms with Crippen molar-refractivity contribution in [3.05, 3.63) is 34.6 Å². The first-order valence-electron chi connectivity index (χ1n) is 5.19. The lowest BCUT2D eigenvalue weighted by Gasteiger charge is -2.04. The highest BCUT2D eigenvalue weighted by Crippen LogP contribution is 2.23. The fraction of sp³-hybridized carbons (Fsp3) is 0.182. The van der Waals surface area contributed by atoms with E-state index in [9.17, 15) is 9.59 Å². The van der Waals surface area contributed by atoms with Crippen LogP contribution in [0, 0.1) is 0 Å². The number of hydrogen-bond acceptors (Lipinski definition) is 4. The second-order valence-electron chi connectivity index (χ2n) is 3.47. The van der Waals surface area contributed by atoms with Crippen LogP contribution in [0.3, 0.4) is 0 Å². The van der Waals surface area contributed by atoms with Crippen molar-refractivity contribution in [2.24, 2.45) is 5.73 Å². The van der Waals surface area contributed by atoms with Crippen molar-refractivity contribution >= 4 is 29.0 Å². The van der Waals surface area contributed by atoms with Crippen molar-refractivity contribution in [1.82, 2.24) is 9.61 Å². The number of hydrogen-bond donors (Lipinski definition) is 1. The lowest BCUT2D eigenvalue weighted by molar-refractivity contribution is 0.0517. The van der Waals surface area contributed by atoms with Gasteiger partial charge in [0.1, 0.15) is 0 Å². The molecule has 7 heteroatoms. The summed E-state index contributed by atoms with van der Waals surface area (Å²) in [5.74, 6) is -1.18. The number of halogens is 1. The molecule has 0 atom stereocenters. The molecule has 94 valence electrons. The van der Waals surface area contributed by atoms with E-state index in [0.717, 1.165) is 0 Å². The van der Waals surface area contributed by atoms with Crippen LogP contribution in [0.25, 0.3) is 5.52 Å². The SMILES string of the molecule is CCOC(=O)c1ccc2c(Cl)c(C(N)=O)cnn12. The van der Waals surface area contributed by atoms with Crippen LogP contribution >= 0.6 is 11.6 Å². The summed E-state index contributed by atoms with van der Waals surface area (Å²) >= 11 is 6.02. The van der Waals surface area contributed by atoms with Gasteiger partial charge in [-0.2, -0.15) is 5.10 Å². The molecule has 0 aliphatic rings. The summed E-state index contributed by atoms with van der Waals surface area (Å²) in [6, 6.07) is 3.10. The molecule has 0 unspecified atom stereocenters. The standard InChI is InChI=1S/C11H10ClN3O3/c1-2-18-11(17)8-4-3-7-9(12)6(10(13)16)5-14-15(7)8/h3-5H,2H2,1H3,(H2,13,16). The summed E-state index contributed by atoms with van der Waals surface area (Å²) in [5.41, 5.74) is 5.93. The number of amides is 1. The van der Waals surface area contributed by atoms with Gasteiger partial charge in [-0.1, -0.05) is 11.6 Å². The van der Waals surface area contributed by atoms with E-state index in [0.29, 0.717) is 5.52 Å². The van der Waals surface area contributed by atoms with Gasteiger partial charge in [0.05, 0.1) is 28.9 Å². The van der Waals surface area contributed by atoms with Crippen LogP contribution < -0.4 is 5.73 Å². The molecule has 0 radical (unpaired) electrons. The van der Waals surface area contributed by atoms with E-state index in [-0.39, 0.29) is 22.9 Å². The van der Waals surface area contributed by atoms with E-state index >= 15 is 0 Å². The van der Waals surface area contributed by atoms with E-state index in [2.05, 4.69) is 5.10 Å². The summed E-state index contributed by atoms with van der Waals surface area (Å²) < 4.78 is 6.19. The zero-order chi connectivity index (χ0) is 13.3. The molecule has 0 saturated heterocycles. The highest BCUT2D eigenvalue weighted by atomic mass is 35.5. The number of fused-ring (bicyclic) bond motifs is 1. The number of carbonyl (C=O) groups is 2. The Hall–Kier alpha value is -2.08. The van der Waals surface area contributed by atoms with Crippen LogP contribution in [0.15, 0.2) is 18.3 Å². The first-order chi connectivity index (χ1) is 8.56. The highest BCUT2D eigenvalue weighted by Gasteiger charge is 2.17. The average Bonchev–Trinajstić information content (AvgIpc) is 2.74. The van der Waals surface area contributed by atoms with Gasteiger partial charge in [0.15, 0.2) is 5.69 Å². The summed E-state index contributed by atoms with van der Waals surface area (Å²) in [5, 5.41) is 4.12. The Balaban J connectivity index is 2.59. The number of aromatic nitrogens is 2. The zero-order valence-corrected chi connectivity index (χ0v) is 10.3. The molecule has 0 aliphatic heterocycles. The quantitative estimate of drug-likeness (QED) is 0.848. The summed E-state index contributed by atoms with van der Waals surface area (Å²) in [6.45, 7) is 1.97. The Morgan fingerprint density at radius 2 is 2.22 bits per heavy atom. The molecule has 1 amide bonds. The molecule has 0 aromatic carbocycles. The Morgan fingerprint density at radius 3 is 2.83 bits per heavy atom. The maximum Gasteiger partial charge on any atom is 0.356 e. The maximum atomic E-state index is 11.6. The second kappa shape index (κ2) is 4.66. The van der Waals surface area contributed by atoms with Gasteiger partial charge in [0.25, 0.3) is 5.91 Å². The van der Waals surface area contributed by atoms with E-state index in [4.69, 9.17) is 22.1 Å². The van der Waals surface area contributed by atoms with Crippen molar-refractivity contribution in [3.63, 3.8) is 0 Å². The van der Waals surface area contributed by atoms with Crippen molar-refractivity contribution in [1.29, 1.82) is 0 Å². The Labute approximate surface area is 107 Å². The van der Waals surface area contributed by atoms with Gasteiger partial charge in [0.2, 0.25) is 0 Å². The van der Waals surface area contributed by atoms with Crippen molar-refractivity contribution in [2.45, 2.75) is 6.92 Å². The molecular formula is C11H10ClN3O3. The van der Waals surface area contributed by atoms with Gasteiger partial charge in [-0.25, -0.2) is 9.31 Å². The summed E-state index contributed by atoms with van der Waals surface area (Å²) in [7, 11) is 0. The Morgan fingerprint density at radius 1 is 1.50 bits per heavy atom. The topological polar surface area (TPSA) is 86.7 Å². The molecule has 2 heterocycles. The molecule has 6 nitrogen and oxygen atoms in total. The first-order valence-corrected chi connectivity index (χ1v) is 5.57.